The number of hydrogen-bond donors (Lipinski definition) is 2. The highest BCUT2D eigenvalue weighted by molar-refractivity contribution is 6.34. The summed E-state index contributed by atoms with van der Waals surface area (Å²) in [7, 11) is 0. The molecule has 2 aromatic carbocycles. The topological polar surface area (TPSA) is 70.6 Å². The molecule has 7 heteroatoms. The van der Waals surface area contributed by atoms with Crippen LogP contribution < -0.4 is 10.7 Å². The Morgan fingerprint density at radius 2 is 1.65 bits per heavy atom. The maximum absolute atomic E-state index is 11.9. The molecule has 0 heterocycles. The monoisotopic (exact) mass is 349 g/mol. The second-order valence-electron chi connectivity index (χ2n) is 4.48. The molecule has 0 unspecified atom stereocenters. The number of carbonyl (C=O) groups excluding carboxylic acids is 2. The quantitative estimate of drug-likeness (QED) is 0.643. The first-order valence-corrected chi connectivity index (χ1v) is 7.42. The van der Waals surface area contributed by atoms with Gasteiger partial charge in [0.25, 0.3) is 11.8 Å². The molecule has 0 spiro atoms. The molecule has 5 nitrogen and oxygen atoms in total. The molecule has 0 fully saturated rings. The van der Waals surface area contributed by atoms with Crippen molar-refractivity contribution in [2.75, 3.05) is 6.54 Å². The third-order valence-corrected chi connectivity index (χ3v) is 3.50. The number of hydrogen-bond acceptors (Lipinski definition) is 3. The smallest absolute Gasteiger partial charge is 0.259 e. The van der Waals surface area contributed by atoms with E-state index >= 15 is 0 Å². The number of halogens is 2. The predicted molar refractivity (Wildman–Crippen MR) is 91.0 cm³/mol. The number of nitrogens with zero attached hydrogens (tertiary/aromatic N) is 1. The van der Waals surface area contributed by atoms with E-state index in [0.717, 1.165) is 0 Å². The average molecular weight is 350 g/mol. The minimum absolute atomic E-state index is 0.218. The molecular formula is C16H13Cl2N3O2. The fraction of sp³-hybridized carbons (Fsp3) is 0.0625. The number of amides is 2. The van der Waals surface area contributed by atoms with Crippen LogP contribution in [0.1, 0.15) is 15.9 Å². The second-order valence-corrected chi connectivity index (χ2v) is 5.29. The lowest BCUT2D eigenvalue weighted by Gasteiger charge is -2.05. The lowest BCUT2D eigenvalue weighted by atomic mass is 10.2. The van der Waals surface area contributed by atoms with Gasteiger partial charge in [0.2, 0.25) is 0 Å². The fourth-order valence-corrected chi connectivity index (χ4v) is 2.10. The van der Waals surface area contributed by atoms with Crippen LogP contribution in [0.5, 0.6) is 0 Å². The summed E-state index contributed by atoms with van der Waals surface area (Å²) in [6.07, 6.45) is 1.43. The number of nitrogens with one attached hydrogen (secondary N) is 2. The van der Waals surface area contributed by atoms with Crippen LogP contribution in [0, 0.1) is 0 Å². The third-order valence-electron chi connectivity index (χ3n) is 2.83. The van der Waals surface area contributed by atoms with Gasteiger partial charge in [0, 0.05) is 10.6 Å². The van der Waals surface area contributed by atoms with Gasteiger partial charge in [-0.1, -0.05) is 53.5 Å². The first-order chi connectivity index (χ1) is 11.1. The molecule has 0 atom stereocenters. The molecule has 23 heavy (non-hydrogen) atoms. The normalized spacial score (nSPS) is 10.5. The zero-order chi connectivity index (χ0) is 16.7. The molecule has 0 aromatic heterocycles. The number of rotatable bonds is 5. The number of benzene rings is 2. The Morgan fingerprint density at radius 3 is 2.35 bits per heavy atom. The van der Waals surface area contributed by atoms with Crippen molar-refractivity contribution in [3.05, 3.63) is 69.7 Å². The molecule has 2 N–H and O–H groups in total. The van der Waals surface area contributed by atoms with Crippen molar-refractivity contribution in [3.8, 4) is 0 Å². The van der Waals surface area contributed by atoms with Crippen molar-refractivity contribution in [2.45, 2.75) is 0 Å². The van der Waals surface area contributed by atoms with E-state index in [4.69, 9.17) is 23.2 Å². The maximum Gasteiger partial charge on any atom is 0.259 e. The van der Waals surface area contributed by atoms with Crippen LogP contribution in [-0.2, 0) is 4.79 Å². The molecule has 0 saturated heterocycles. The van der Waals surface area contributed by atoms with Crippen LogP contribution in [0.2, 0.25) is 10.0 Å². The standard InChI is InChI=1S/C16H13Cl2N3O2/c17-13-7-3-1-5-11(13)9-20-21-15(22)10-19-16(23)12-6-2-4-8-14(12)18/h1-9H,10H2,(H,19,23)(H,21,22)/b20-9-. The van der Waals surface area contributed by atoms with Crippen molar-refractivity contribution in [3.63, 3.8) is 0 Å². The SMILES string of the molecule is O=C(CNC(=O)c1ccccc1Cl)N/N=C\c1ccccc1Cl. The van der Waals surface area contributed by atoms with Crippen molar-refractivity contribution in [2.24, 2.45) is 5.10 Å². The molecule has 118 valence electrons. The second kappa shape index (κ2) is 8.31. The van der Waals surface area contributed by atoms with E-state index in [1.165, 1.54) is 6.21 Å². The summed E-state index contributed by atoms with van der Waals surface area (Å²) in [6.45, 7) is -0.218. The minimum atomic E-state index is -0.464. The largest absolute Gasteiger partial charge is 0.343 e. The van der Waals surface area contributed by atoms with Crippen molar-refractivity contribution in [1.29, 1.82) is 0 Å². The van der Waals surface area contributed by atoms with Gasteiger partial charge in [-0.3, -0.25) is 9.59 Å². The van der Waals surface area contributed by atoms with Gasteiger partial charge in [-0.25, -0.2) is 5.43 Å². The van der Waals surface area contributed by atoms with Gasteiger partial charge in [0.05, 0.1) is 23.3 Å². The summed E-state index contributed by atoms with van der Waals surface area (Å²) in [6, 6.07) is 13.7. The van der Waals surface area contributed by atoms with Crippen LogP contribution in [-0.4, -0.2) is 24.6 Å². The molecule has 0 saturated carbocycles. The molecule has 0 aliphatic heterocycles. The molecule has 2 rings (SSSR count). The Labute approximate surface area is 143 Å². The van der Waals surface area contributed by atoms with Crippen LogP contribution in [0.15, 0.2) is 53.6 Å². The molecule has 2 amide bonds. The molecule has 2 aromatic rings. The predicted octanol–water partition coefficient (Wildman–Crippen LogP) is 2.87. The van der Waals surface area contributed by atoms with Crippen LogP contribution >= 0.6 is 23.2 Å². The lowest BCUT2D eigenvalue weighted by Crippen LogP contribution is -2.35. The van der Waals surface area contributed by atoms with Crippen molar-refractivity contribution < 1.29 is 9.59 Å². The van der Waals surface area contributed by atoms with Gasteiger partial charge in [-0.05, 0) is 18.2 Å². The zero-order valence-electron chi connectivity index (χ0n) is 11.9. The molecule has 0 bridgehead atoms. The maximum atomic E-state index is 11.9. The van der Waals surface area contributed by atoms with Crippen LogP contribution in [0.25, 0.3) is 0 Å². The number of hydrazone groups is 1. The van der Waals surface area contributed by atoms with E-state index < -0.39 is 11.8 Å². The Morgan fingerprint density at radius 1 is 1.00 bits per heavy atom. The van der Waals surface area contributed by atoms with Crippen LogP contribution in [0.4, 0.5) is 0 Å². The lowest BCUT2D eigenvalue weighted by molar-refractivity contribution is -0.120. The van der Waals surface area contributed by atoms with Crippen LogP contribution in [0.3, 0.4) is 0 Å². The summed E-state index contributed by atoms with van der Waals surface area (Å²) in [5, 5.41) is 7.10. The summed E-state index contributed by atoms with van der Waals surface area (Å²) in [4.78, 5) is 23.5. The van der Waals surface area contributed by atoms with E-state index in [1.54, 1.807) is 48.5 Å². The molecular weight excluding hydrogens is 337 g/mol. The Balaban J connectivity index is 1.83. The zero-order valence-corrected chi connectivity index (χ0v) is 13.4. The van der Waals surface area contributed by atoms with E-state index in [1.807, 2.05) is 0 Å². The first kappa shape index (κ1) is 17.0. The van der Waals surface area contributed by atoms with E-state index in [0.29, 0.717) is 21.2 Å². The Hall–Kier alpha value is -2.37. The summed E-state index contributed by atoms with van der Waals surface area (Å²) in [5.74, 6) is -0.894. The third kappa shape index (κ3) is 5.09. The summed E-state index contributed by atoms with van der Waals surface area (Å²) < 4.78 is 0. The highest BCUT2D eigenvalue weighted by Crippen LogP contribution is 2.14. The molecule has 0 radical (unpaired) electrons. The highest BCUT2D eigenvalue weighted by atomic mass is 35.5. The van der Waals surface area contributed by atoms with Crippen molar-refractivity contribution >= 4 is 41.2 Å². The van der Waals surface area contributed by atoms with E-state index in [9.17, 15) is 9.59 Å². The summed E-state index contributed by atoms with van der Waals surface area (Å²) >= 11 is 11.9. The number of carbonyl (C=O) groups is 2. The van der Waals surface area contributed by atoms with Gasteiger partial charge >= 0.3 is 0 Å². The van der Waals surface area contributed by atoms with Gasteiger partial charge < -0.3 is 5.32 Å². The highest BCUT2D eigenvalue weighted by Gasteiger charge is 2.10. The fourth-order valence-electron chi connectivity index (χ4n) is 1.69. The van der Waals surface area contributed by atoms with Gasteiger partial charge in [-0.2, -0.15) is 5.10 Å². The first-order valence-electron chi connectivity index (χ1n) is 6.67. The Kier molecular flexibility index (Phi) is 6.14. The minimum Gasteiger partial charge on any atom is -0.343 e. The van der Waals surface area contributed by atoms with Gasteiger partial charge in [-0.15, -0.1) is 0 Å². The van der Waals surface area contributed by atoms with E-state index in [-0.39, 0.29) is 6.54 Å². The summed E-state index contributed by atoms with van der Waals surface area (Å²) in [5.41, 5.74) is 3.29. The van der Waals surface area contributed by atoms with Gasteiger partial charge in [0.15, 0.2) is 0 Å². The van der Waals surface area contributed by atoms with E-state index in [2.05, 4.69) is 15.8 Å². The molecule has 0 aliphatic rings. The van der Waals surface area contributed by atoms with Crippen molar-refractivity contribution in [1.82, 2.24) is 10.7 Å². The average Bonchev–Trinajstić information content (AvgIpc) is 2.55. The van der Waals surface area contributed by atoms with Gasteiger partial charge in [0.1, 0.15) is 0 Å². The molecule has 0 aliphatic carbocycles. The Bertz CT molecular complexity index is 748.